The molecule has 2 aromatic carbocycles. The van der Waals surface area contributed by atoms with Crippen molar-refractivity contribution in [2.24, 2.45) is 0 Å². The van der Waals surface area contributed by atoms with Gasteiger partial charge in [-0.25, -0.2) is 4.98 Å². The number of imidazole rings is 1. The lowest BCUT2D eigenvalue weighted by Crippen LogP contribution is -2.35. The highest BCUT2D eigenvalue weighted by Crippen LogP contribution is 2.22. The lowest BCUT2D eigenvalue weighted by molar-refractivity contribution is -0.129. The van der Waals surface area contributed by atoms with Gasteiger partial charge in [0.2, 0.25) is 5.91 Å². The second-order valence-corrected chi connectivity index (χ2v) is 9.92. The van der Waals surface area contributed by atoms with E-state index >= 15 is 0 Å². The van der Waals surface area contributed by atoms with Crippen molar-refractivity contribution in [3.63, 3.8) is 0 Å². The van der Waals surface area contributed by atoms with Crippen molar-refractivity contribution >= 4 is 28.5 Å². The Hall–Kier alpha value is -2.57. The quantitative estimate of drug-likeness (QED) is 0.342. The van der Waals surface area contributed by atoms with Crippen molar-refractivity contribution in [1.29, 1.82) is 0 Å². The van der Waals surface area contributed by atoms with Crippen LogP contribution >= 0.6 is 11.6 Å². The molecule has 6 nitrogen and oxygen atoms in total. The first-order valence-corrected chi connectivity index (χ1v) is 13.2. The summed E-state index contributed by atoms with van der Waals surface area (Å²) in [7, 11) is 0. The maximum Gasteiger partial charge on any atom is 0.219 e. The van der Waals surface area contributed by atoms with Crippen molar-refractivity contribution < 1.29 is 9.53 Å². The number of benzene rings is 2. The third-order valence-corrected chi connectivity index (χ3v) is 7.10. The topological polar surface area (TPSA) is 50.6 Å². The molecule has 3 aromatic rings. The van der Waals surface area contributed by atoms with Crippen molar-refractivity contribution in [1.82, 2.24) is 19.4 Å². The fraction of sp³-hybridized carbons (Fsp3) is 0.500. The van der Waals surface area contributed by atoms with Crippen LogP contribution in [0, 0.1) is 6.92 Å². The molecule has 0 saturated carbocycles. The predicted octanol–water partition coefficient (Wildman–Crippen LogP) is 5.69. The third kappa shape index (κ3) is 6.98. The Morgan fingerprint density at radius 1 is 1.03 bits per heavy atom. The number of piperidine rings is 1. The maximum absolute atomic E-state index is 12.3. The van der Waals surface area contributed by atoms with Gasteiger partial charge in [-0.05, 0) is 88.1 Å². The number of hydrogen-bond acceptors (Lipinski definition) is 4. The Labute approximate surface area is 213 Å². The second kappa shape index (κ2) is 12.4. The van der Waals surface area contributed by atoms with Crippen LogP contribution < -0.4 is 4.74 Å². The van der Waals surface area contributed by atoms with E-state index in [0.29, 0.717) is 11.6 Å². The van der Waals surface area contributed by atoms with E-state index in [1.54, 1.807) is 6.92 Å². The number of carbonyl (C=O) groups excluding carboxylic acids is 1. The summed E-state index contributed by atoms with van der Waals surface area (Å²) < 4.78 is 8.26. The van der Waals surface area contributed by atoms with Crippen LogP contribution in [0.3, 0.4) is 0 Å². The smallest absolute Gasteiger partial charge is 0.219 e. The van der Waals surface area contributed by atoms with Crippen LogP contribution in [-0.4, -0.2) is 58.0 Å². The summed E-state index contributed by atoms with van der Waals surface area (Å²) in [5.74, 6) is 1.81. The average Bonchev–Trinajstić information content (AvgIpc) is 3.22. The first kappa shape index (κ1) is 25.5. The summed E-state index contributed by atoms with van der Waals surface area (Å²) >= 11 is 6.00. The Morgan fingerprint density at radius 2 is 1.74 bits per heavy atom. The molecule has 7 heteroatoms. The van der Waals surface area contributed by atoms with Crippen molar-refractivity contribution in [2.45, 2.75) is 59.1 Å². The zero-order valence-corrected chi connectivity index (χ0v) is 21.8. The summed E-state index contributed by atoms with van der Waals surface area (Å²) in [6.45, 7) is 9.99. The molecule has 4 rings (SSSR count). The Balaban J connectivity index is 1.38. The number of likely N-dealkylation sites (tertiary alicyclic amines) is 1. The van der Waals surface area contributed by atoms with Crippen LogP contribution in [0.15, 0.2) is 42.5 Å². The van der Waals surface area contributed by atoms with Gasteiger partial charge in [0.25, 0.3) is 0 Å². The molecule has 35 heavy (non-hydrogen) atoms. The standard InChI is InChI=1S/C28H37ClN4O2/c1-22-9-6-10-26-28(22)30-27(21-35-25-13-11-24(29)12-14-25)33(26)20-8-19-32(23(2)34)18-7-17-31-15-4-3-5-16-31/h6,9-14H,3-5,7-8,15-21H2,1-2H3. The summed E-state index contributed by atoms with van der Waals surface area (Å²) in [6.07, 6.45) is 5.87. The molecule has 0 radical (unpaired) electrons. The second-order valence-electron chi connectivity index (χ2n) is 9.48. The molecule has 1 aliphatic heterocycles. The lowest BCUT2D eigenvalue weighted by Gasteiger charge is -2.28. The maximum atomic E-state index is 12.3. The van der Waals surface area contributed by atoms with E-state index in [1.165, 1.54) is 32.4 Å². The normalized spacial score (nSPS) is 14.4. The summed E-state index contributed by atoms with van der Waals surface area (Å²) in [5, 5.41) is 0.686. The third-order valence-electron chi connectivity index (χ3n) is 6.85. The molecule has 0 N–H and O–H groups in total. The Bertz CT molecular complexity index is 1110. The van der Waals surface area contributed by atoms with Crippen molar-refractivity contribution in [2.75, 3.05) is 32.7 Å². The number of para-hydroxylation sites is 1. The number of aromatic nitrogens is 2. The minimum absolute atomic E-state index is 0.154. The molecular formula is C28H37ClN4O2. The molecular weight excluding hydrogens is 460 g/mol. The van der Waals surface area contributed by atoms with Crippen molar-refractivity contribution in [3.8, 4) is 5.75 Å². The van der Waals surface area contributed by atoms with E-state index in [9.17, 15) is 4.79 Å². The molecule has 2 heterocycles. The summed E-state index contributed by atoms with van der Waals surface area (Å²) in [5.41, 5.74) is 3.27. The first-order chi connectivity index (χ1) is 17.0. The van der Waals surface area contributed by atoms with Gasteiger partial charge in [0.05, 0.1) is 11.0 Å². The summed E-state index contributed by atoms with van der Waals surface area (Å²) in [4.78, 5) is 21.7. The number of halogens is 1. The van der Waals surface area contributed by atoms with Gasteiger partial charge in [0.1, 0.15) is 18.2 Å². The van der Waals surface area contributed by atoms with Gasteiger partial charge in [-0.15, -0.1) is 0 Å². The fourth-order valence-corrected chi connectivity index (χ4v) is 5.01. The van der Waals surface area contributed by atoms with Gasteiger partial charge < -0.3 is 19.1 Å². The molecule has 1 amide bonds. The highest BCUT2D eigenvalue weighted by Gasteiger charge is 2.15. The number of rotatable bonds is 11. The van der Waals surface area contributed by atoms with Crippen LogP contribution in [0.25, 0.3) is 11.0 Å². The van der Waals surface area contributed by atoms with Gasteiger partial charge in [-0.2, -0.15) is 0 Å². The fourth-order valence-electron chi connectivity index (χ4n) is 4.89. The zero-order valence-electron chi connectivity index (χ0n) is 21.0. The van der Waals surface area contributed by atoms with E-state index in [0.717, 1.165) is 67.2 Å². The van der Waals surface area contributed by atoms with Gasteiger partial charge in [-0.1, -0.05) is 30.2 Å². The number of ether oxygens (including phenoxy) is 1. The number of amides is 1. The minimum atomic E-state index is 0.154. The van der Waals surface area contributed by atoms with E-state index in [2.05, 4.69) is 34.6 Å². The SMILES string of the molecule is CC(=O)N(CCCN1CCCCC1)CCCn1c(COc2ccc(Cl)cc2)nc2c(C)cccc21. The van der Waals surface area contributed by atoms with Gasteiger partial charge >= 0.3 is 0 Å². The largest absolute Gasteiger partial charge is 0.486 e. The number of aryl methyl sites for hydroxylation is 2. The Morgan fingerprint density at radius 3 is 2.46 bits per heavy atom. The molecule has 0 unspecified atom stereocenters. The molecule has 0 atom stereocenters. The molecule has 1 saturated heterocycles. The van der Waals surface area contributed by atoms with E-state index in [-0.39, 0.29) is 5.91 Å². The highest BCUT2D eigenvalue weighted by molar-refractivity contribution is 6.30. The van der Waals surface area contributed by atoms with E-state index < -0.39 is 0 Å². The van der Waals surface area contributed by atoms with E-state index in [1.807, 2.05) is 29.2 Å². The monoisotopic (exact) mass is 496 g/mol. The highest BCUT2D eigenvalue weighted by atomic mass is 35.5. The number of carbonyl (C=O) groups is 1. The molecule has 0 spiro atoms. The molecule has 1 aromatic heterocycles. The van der Waals surface area contributed by atoms with Gasteiger partial charge in [0, 0.05) is 31.6 Å². The first-order valence-electron chi connectivity index (χ1n) is 12.8. The minimum Gasteiger partial charge on any atom is -0.486 e. The van der Waals surface area contributed by atoms with Crippen LogP contribution in [0.4, 0.5) is 0 Å². The van der Waals surface area contributed by atoms with Crippen LogP contribution in [-0.2, 0) is 17.9 Å². The molecule has 1 fully saturated rings. The lowest BCUT2D eigenvalue weighted by atomic mass is 10.1. The van der Waals surface area contributed by atoms with Gasteiger partial charge in [-0.3, -0.25) is 4.79 Å². The number of hydrogen-bond donors (Lipinski definition) is 0. The van der Waals surface area contributed by atoms with Gasteiger partial charge in [0.15, 0.2) is 0 Å². The average molecular weight is 497 g/mol. The van der Waals surface area contributed by atoms with Crippen molar-refractivity contribution in [3.05, 3.63) is 58.9 Å². The molecule has 1 aliphatic rings. The number of nitrogens with zero attached hydrogens (tertiary/aromatic N) is 4. The molecule has 0 bridgehead atoms. The summed E-state index contributed by atoms with van der Waals surface area (Å²) in [6, 6.07) is 13.7. The van der Waals surface area contributed by atoms with Crippen LogP contribution in [0.1, 0.15) is 50.4 Å². The molecule has 188 valence electrons. The predicted molar refractivity (Wildman–Crippen MR) is 142 cm³/mol. The molecule has 0 aliphatic carbocycles. The Kier molecular flexibility index (Phi) is 9.05. The zero-order chi connectivity index (χ0) is 24.6. The number of fused-ring (bicyclic) bond motifs is 1. The van der Waals surface area contributed by atoms with Crippen LogP contribution in [0.5, 0.6) is 5.75 Å². The van der Waals surface area contributed by atoms with E-state index in [4.69, 9.17) is 21.3 Å². The van der Waals surface area contributed by atoms with Crippen LogP contribution in [0.2, 0.25) is 5.02 Å².